The van der Waals surface area contributed by atoms with E-state index in [4.69, 9.17) is 0 Å². The number of aliphatic hydroxyl groups excluding tert-OH is 1. The summed E-state index contributed by atoms with van der Waals surface area (Å²) in [5, 5.41) is 12.6. The number of halogens is 1. The Morgan fingerprint density at radius 3 is 2.48 bits per heavy atom. The highest BCUT2D eigenvalue weighted by Crippen LogP contribution is 2.18. The van der Waals surface area contributed by atoms with Crippen LogP contribution in [-0.2, 0) is 14.8 Å². The van der Waals surface area contributed by atoms with E-state index in [0.717, 1.165) is 0 Å². The van der Waals surface area contributed by atoms with Crippen LogP contribution in [0.15, 0.2) is 35.2 Å². The van der Waals surface area contributed by atoms with Crippen LogP contribution >= 0.6 is 12.4 Å². The predicted octanol–water partition coefficient (Wildman–Crippen LogP) is 0.0542. The molecule has 2 fully saturated rings. The lowest BCUT2D eigenvalue weighted by atomic mass is 10.2. The van der Waals surface area contributed by atoms with Crippen molar-refractivity contribution in [3.05, 3.63) is 30.3 Å². The van der Waals surface area contributed by atoms with Crippen molar-refractivity contribution in [2.24, 2.45) is 0 Å². The van der Waals surface area contributed by atoms with Crippen LogP contribution in [0.3, 0.4) is 0 Å². The van der Waals surface area contributed by atoms with Gasteiger partial charge in [-0.1, -0.05) is 18.2 Å². The Hall–Kier alpha value is -1.19. The number of β-amino-alcohol motifs (C(OH)–C–C–N with tert-alkyl or cyclic N) is 1. The van der Waals surface area contributed by atoms with Crippen molar-refractivity contribution < 1.29 is 18.3 Å². The van der Waals surface area contributed by atoms with Gasteiger partial charge in [0.2, 0.25) is 15.9 Å². The maximum Gasteiger partial charge on any atom is 0.243 e. The summed E-state index contributed by atoms with van der Waals surface area (Å²) < 4.78 is 26.8. The summed E-state index contributed by atoms with van der Waals surface area (Å²) >= 11 is 0. The van der Waals surface area contributed by atoms with Crippen LogP contribution in [0.1, 0.15) is 12.8 Å². The van der Waals surface area contributed by atoms with E-state index in [0.29, 0.717) is 39.0 Å². The molecule has 2 heterocycles. The van der Waals surface area contributed by atoms with Gasteiger partial charge in [-0.2, -0.15) is 4.31 Å². The van der Waals surface area contributed by atoms with E-state index in [1.807, 2.05) is 0 Å². The van der Waals surface area contributed by atoms with E-state index in [9.17, 15) is 18.3 Å². The number of nitrogens with one attached hydrogen (secondary N) is 1. The average molecular weight is 390 g/mol. The molecule has 0 spiro atoms. The number of amides is 1. The average Bonchev–Trinajstić information content (AvgIpc) is 2.86. The molecule has 2 aliphatic heterocycles. The molecule has 3 rings (SSSR count). The summed E-state index contributed by atoms with van der Waals surface area (Å²) in [4.78, 5) is 14.5. The van der Waals surface area contributed by atoms with Crippen LogP contribution in [0.25, 0.3) is 0 Å². The summed E-state index contributed by atoms with van der Waals surface area (Å²) in [7, 11) is -3.52. The highest BCUT2D eigenvalue weighted by atomic mass is 35.5. The molecule has 9 heteroatoms. The highest BCUT2D eigenvalue weighted by molar-refractivity contribution is 7.89. The van der Waals surface area contributed by atoms with Gasteiger partial charge in [0.1, 0.15) is 0 Å². The minimum absolute atomic E-state index is 0. The molecule has 2 aliphatic rings. The zero-order chi connectivity index (χ0) is 17.2. The number of nitrogens with zero attached hydrogens (tertiary/aromatic N) is 2. The fraction of sp³-hybridized carbons (Fsp3) is 0.562. The lowest BCUT2D eigenvalue weighted by Crippen LogP contribution is -2.45. The van der Waals surface area contributed by atoms with Crippen molar-refractivity contribution in [3.63, 3.8) is 0 Å². The third-order valence-corrected chi connectivity index (χ3v) is 6.47. The number of rotatable bonds is 3. The molecule has 0 radical (unpaired) electrons. The molecular formula is C16H24ClN3O4S. The van der Waals surface area contributed by atoms with Gasteiger partial charge < -0.3 is 15.3 Å². The third kappa shape index (κ3) is 4.51. The molecule has 0 aliphatic carbocycles. The second-order valence-electron chi connectivity index (χ2n) is 6.25. The second kappa shape index (κ2) is 8.46. The first-order chi connectivity index (χ1) is 11.5. The van der Waals surface area contributed by atoms with Gasteiger partial charge in [-0.15, -0.1) is 12.4 Å². The third-order valence-electron chi connectivity index (χ3n) is 4.55. The maximum absolute atomic E-state index is 12.7. The SMILES string of the molecule is Cl.O=C(C1CC(O)CN1)N1CCCN(S(=O)(=O)c2ccccc2)CC1. The van der Waals surface area contributed by atoms with Gasteiger partial charge >= 0.3 is 0 Å². The predicted molar refractivity (Wildman–Crippen MR) is 96.1 cm³/mol. The molecule has 1 aromatic rings. The molecule has 140 valence electrons. The van der Waals surface area contributed by atoms with Gasteiger partial charge in [-0.3, -0.25) is 4.79 Å². The molecule has 0 saturated carbocycles. The standard InChI is InChI=1S/C16H23N3O4S.ClH/c20-13-11-15(17-12-13)16(21)18-7-4-8-19(10-9-18)24(22,23)14-5-2-1-3-6-14;/h1-3,5-6,13,15,17,20H,4,7-12H2;1H. The summed E-state index contributed by atoms with van der Waals surface area (Å²) in [6.07, 6.45) is 0.537. The fourth-order valence-corrected chi connectivity index (χ4v) is 4.71. The topological polar surface area (TPSA) is 89.9 Å². The Labute approximate surface area is 154 Å². The number of sulfonamides is 1. The number of hydrogen-bond acceptors (Lipinski definition) is 5. The number of hydrogen-bond donors (Lipinski definition) is 2. The number of carbonyl (C=O) groups excluding carboxylic acids is 1. The first kappa shape index (κ1) is 20.1. The molecule has 1 aromatic carbocycles. The Morgan fingerprint density at radius 1 is 1.12 bits per heavy atom. The molecule has 2 saturated heterocycles. The first-order valence-electron chi connectivity index (χ1n) is 8.24. The van der Waals surface area contributed by atoms with Crippen LogP contribution in [0.5, 0.6) is 0 Å². The smallest absolute Gasteiger partial charge is 0.243 e. The first-order valence-corrected chi connectivity index (χ1v) is 9.68. The van der Waals surface area contributed by atoms with E-state index in [1.165, 1.54) is 4.31 Å². The molecule has 0 bridgehead atoms. The zero-order valence-electron chi connectivity index (χ0n) is 13.9. The van der Waals surface area contributed by atoms with Crippen LogP contribution in [-0.4, -0.2) is 73.5 Å². The summed E-state index contributed by atoms with van der Waals surface area (Å²) in [5.41, 5.74) is 0. The van der Waals surface area contributed by atoms with Crippen molar-refractivity contribution in [3.8, 4) is 0 Å². The van der Waals surface area contributed by atoms with Crippen LogP contribution in [0.2, 0.25) is 0 Å². The Morgan fingerprint density at radius 2 is 1.84 bits per heavy atom. The Bertz CT molecular complexity index is 686. The van der Waals surface area contributed by atoms with Crippen molar-refractivity contribution in [2.45, 2.75) is 29.9 Å². The molecule has 7 nitrogen and oxygen atoms in total. The van der Waals surface area contributed by atoms with E-state index < -0.39 is 16.1 Å². The number of carbonyl (C=O) groups is 1. The normalized spacial score (nSPS) is 25.2. The van der Waals surface area contributed by atoms with Gasteiger partial charge in [0.15, 0.2) is 0 Å². The van der Waals surface area contributed by atoms with E-state index in [2.05, 4.69) is 5.32 Å². The van der Waals surface area contributed by atoms with Gasteiger partial charge in [0, 0.05) is 32.7 Å². The molecular weight excluding hydrogens is 366 g/mol. The van der Waals surface area contributed by atoms with Crippen molar-refractivity contribution in [1.29, 1.82) is 0 Å². The van der Waals surface area contributed by atoms with Crippen molar-refractivity contribution in [2.75, 3.05) is 32.7 Å². The minimum Gasteiger partial charge on any atom is -0.392 e. The molecule has 2 unspecified atom stereocenters. The maximum atomic E-state index is 12.7. The van der Waals surface area contributed by atoms with Crippen LogP contribution in [0, 0.1) is 0 Å². The molecule has 0 aromatic heterocycles. The lowest BCUT2D eigenvalue weighted by molar-refractivity contribution is -0.133. The van der Waals surface area contributed by atoms with Crippen LogP contribution in [0.4, 0.5) is 0 Å². The largest absolute Gasteiger partial charge is 0.392 e. The van der Waals surface area contributed by atoms with Gasteiger partial charge in [-0.05, 0) is 25.0 Å². The van der Waals surface area contributed by atoms with Gasteiger partial charge in [0.25, 0.3) is 0 Å². The van der Waals surface area contributed by atoms with Gasteiger partial charge in [0.05, 0.1) is 17.0 Å². The lowest BCUT2D eigenvalue weighted by Gasteiger charge is -2.24. The summed E-state index contributed by atoms with van der Waals surface area (Å²) in [5.74, 6) is -0.0505. The van der Waals surface area contributed by atoms with Crippen molar-refractivity contribution in [1.82, 2.24) is 14.5 Å². The second-order valence-corrected chi connectivity index (χ2v) is 8.18. The zero-order valence-corrected chi connectivity index (χ0v) is 15.5. The summed E-state index contributed by atoms with van der Waals surface area (Å²) in [6, 6.07) is 8.01. The molecule has 2 N–H and O–H groups in total. The van der Waals surface area contributed by atoms with Crippen molar-refractivity contribution >= 4 is 28.3 Å². The highest BCUT2D eigenvalue weighted by Gasteiger charge is 2.33. The molecule has 1 amide bonds. The monoisotopic (exact) mass is 389 g/mol. The Balaban J connectivity index is 0.00000225. The quantitative estimate of drug-likeness (QED) is 0.762. The minimum atomic E-state index is -3.52. The number of benzene rings is 1. The van der Waals surface area contributed by atoms with Gasteiger partial charge in [-0.25, -0.2) is 8.42 Å². The number of aliphatic hydroxyl groups is 1. The fourth-order valence-electron chi connectivity index (χ4n) is 3.22. The Kier molecular flexibility index (Phi) is 6.81. The molecule has 25 heavy (non-hydrogen) atoms. The molecule has 2 atom stereocenters. The summed E-state index contributed by atoms with van der Waals surface area (Å²) in [6.45, 7) is 2.03. The van der Waals surface area contributed by atoms with E-state index >= 15 is 0 Å². The van der Waals surface area contributed by atoms with E-state index in [1.54, 1.807) is 35.2 Å². The van der Waals surface area contributed by atoms with E-state index in [-0.39, 0.29) is 35.8 Å². The van der Waals surface area contributed by atoms with Crippen LogP contribution < -0.4 is 5.32 Å².